The summed E-state index contributed by atoms with van der Waals surface area (Å²) in [5.41, 5.74) is 0.520. The van der Waals surface area contributed by atoms with Gasteiger partial charge in [0.15, 0.2) is 11.7 Å². The lowest BCUT2D eigenvalue weighted by molar-refractivity contribution is 0.0238. The third-order valence-corrected chi connectivity index (χ3v) is 4.90. The first-order valence-corrected chi connectivity index (χ1v) is 10.7. The van der Waals surface area contributed by atoms with Crippen LogP contribution < -0.4 is 10.6 Å². The maximum atomic E-state index is 12.4. The van der Waals surface area contributed by atoms with E-state index in [0.717, 1.165) is 37.1 Å². The Morgan fingerprint density at radius 2 is 2.00 bits per heavy atom. The molecule has 0 spiro atoms. The molecule has 2 rings (SSSR count). The fourth-order valence-electron chi connectivity index (χ4n) is 3.13. The number of carbonyl (C=O) groups excluding carboxylic acids is 1. The van der Waals surface area contributed by atoms with Gasteiger partial charge in [0.1, 0.15) is 5.60 Å². The number of guanidine groups is 1. The van der Waals surface area contributed by atoms with Gasteiger partial charge >= 0.3 is 6.09 Å². The fourth-order valence-corrected chi connectivity index (χ4v) is 3.13. The summed E-state index contributed by atoms with van der Waals surface area (Å²) in [5, 5.41) is 10.7. The molecule has 1 amide bonds. The Labute approximate surface area is 197 Å². The molecule has 1 heterocycles. The predicted molar refractivity (Wildman–Crippen MR) is 129 cm³/mol. The van der Waals surface area contributed by atoms with Crippen LogP contribution in [0, 0.1) is 0 Å². The summed E-state index contributed by atoms with van der Waals surface area (Å²) in [6, 6.07) is 2.30. The first-order valence-electron chi connectivity index (χ1n) is 10.7. The van der Waals surface area contributed by atoms with Gasteiger partial charge in [0.2, 0.25) is 0 Å². The van der Waals surface area contributed by atoms with Crippen molar-refractivity contribution in [2.24, 2.45) is 4.99 Å². The minimum Gasteiger partial charge on any atom is -0.444 e. The summed E-state index contributed by atoms with van der Waals surface area (Å²) in [4.78, 5) is 18.5. The van der Waals surface area contributed by atoms with Crippen LogP contribution in [0.4, 0.5) is 4.79 Å². The topological polar surface area (TPSA) is 92.0 Å². The molecule has 30 heavy (non-hydrogen) atoms. The molecule has 0 aliphatic heterocycles. The summed E-state index contributed by atoms with van der Waals surface area (Å²) in [6.45, 7) is 11.6. The summed E-state index contributed by atoms with van der Waals surface area (Å²) in [7, 11) is 1.72. The zero-order valence-corrected chi connectivity index (χ0v) is 21.5. The van der Waals surface area contributed by atoms with Crippen LogP contribution in [0.5, 0.6) is 0 Å². The van der Waals surface area contributed by atoms with Crippen LogP contribution in [0.2, 0.25) is 0 Å². The van der Waals surface area contributed by atoms with Crippen molar-refractivity contribution in [2.75, 3.05) is 20.1 Å². The van der Waals surface area contributed by atoms with Crippen LogP contribution in [0.3, 0.4) is 0 Å². The number of nitrogens with zero attached hydrogens (tertiary/aromatic N) is 3. The molecule has 1 aliphatic rings. The van der Waals surface area contributed by atoms with Crippen molar-refractivity contribution in [3.8, 4) is 0 Å². The average Bonchev–Trinajstić information content (AvgIpc) is 3.39. The second-order valence-corrected chi connectivity index (χ2v) is 8.49. The highest BCUT2D eigenvalue weighted by Crippen LogP contribution is 2.28. The minimum atomic E-state index is -0.486. The van der Waals surface area contributed by atoms with Crippen molar-refractivity contribution >= 4 is 36.0 Å². The molecule has 0 aromatic carbocycles. The smallest absolute Gasteiger partial charge is 0.410 e. The Bertz CT molecular complexity index is 678. The van der Waals surface area contributed by atoms with Crippen molar-refractivity contribution in [1.82, 2.24) is 20.7 Å². The van der Waals surface area contributed by atoms with E-state index < -0.39 is 5.60 Å². The summed E-state index contributed by atoms with van der Waals surface area (Å²) in [6.07, 6.45) is 3.93. The highest BCUT2D eigenvalue weighted by Gasteiger charge is 2.34. The van der Waals surface area contributed by atoms with Crippen LogP contribution in [0.25, 0.3) is 0 Å². The van der Waals surface area contributed by atoms with Gasteiger partial charge in [-0.2, -0.15) is 0 Å². The van der Waals surface area contributed by atoms with Crippen LogP contribution in [-0.2, 0) is 11.3 Å². The molecule has 1 aliphatic carbocycles. The molecule has 0 unspecified atom stereocenters. The molecular formula is C21H38IN5O3. The van der Waals surface area contributed by atoms with Gasteiger partial charge in [0.25, 0.3) is 0 Å². The van der Waals surface area contributed by atoms with E-state index in [4.69, 9.17) is 9.26 Å². The van der Waals surface area contributed by atoms with Gasteiger partial charge in [-0.15, -0.1) is 24.0 Å². The Morgan fingerprint density at radius 1 is 1.33 bits per heavy atom. The average molecular weight is 535 g/mol. The normalized spacial score (nSPS) is 14.3. The molecule has 1 aromatic heterocycles. The molecule has 1 saturated carbocycles. The van der Waals surface area contributed by atoms with Crippen molar-refractivity contribution in [3.05, 3.63) is 17.5 Å². The molecule has 0 bridgehead atoms. The van der Waals surface area contributed by atoms with E-state index in [9.17, 15) is 4.79 Å². The lowest BCUT2D eigenvalue weighted by Crippen LogP contribution is -2.45. The number of aromatic nitrogens is 1. The van der Waals surface area contributed by atoms with Gasteiger partial charge in [0.05, 0.1) is 12.2 Å². The number of ether oxygens (including phenoxy) is 1. The van der Waals surface area contributed by atoms with E-state index >= 15 is 0 Å². The van der Waals surface area contributed by atoms with Gasteiger partial charge in [0, 0.05) is 38.2 Å². The van der Waals surface area contributed by atoms with Gasteiger partial charge in [-0.25, -0.2) is 4.79 Å². The van der Waals surface area contributed by atoms with E-state index in [-0.39, 0.29) is 30.1 Å². The lowest BCUT2D eigenvalue weighted by Gasteiger charge is -2.27. The molecule has 0 radical (unpaired) electrons. The number of aliphatic imine (C=N–C) groups is 1. The van der Waals surface area contributed by atoms with Crippen LogP contribution in [0.15, 0.2) is 15.6 Å². The SMILES string of the molecule is CCC(CC)c1cc(CNC(=NC)NCCN(C(=O)OC(C)(C)C)C2CC2)on1.I. The van der Waals surface area contributed by atoms with Crippen LogP contribution >= 0.6 is 24.0 Å². The Kier molecular flexibility index (Phi) is 10.9. The molecule has 0 atom stereocenters. The number of amides is 1. The summed E-state index contributed by atoms with van der Waals surface area (Å²) >= 11 is 0. The van der Waals surface area contributed by atoms with E-state index in [0.29, 0.717) is 37.6 Å². The lowest BCUT2D eigenvalue weighted by atomic mass is 9.99. The van der Waals surface area contributed by atoms with Gasteiger partial charge < -0.3 is 24.8 Å². The monoisotopic (exact) mass is 535 g/mol. The Balaban J connectivity index is 0.00000450. The highest BCUT2D eigenvalue weighted by molar-refractivity contribution is 14.0. The van der Waals surface area contributed by atoms with E-state index in [1.54, 1.807) is 7.05 Å². The molecule has 0 saturated heterocycles. The molecule has 172 valence electrons. The van der Waals surface area contributed by atoms with Gasteiger partial charge in [-0.05, 0) is 46.5 Å². The van der Waals surface area contributed by atoms with Crippen molar-refractivity contribution < 1.29 is 14.1 Å². The Hall–Kier alpha value is -1.52. The van der Waals surface area contributed by atoms with E-state index in [2.05, 4.69) is 34.6 Å². The number of rotatable bonds is 9. The number of halogens is 1. The number of nitrogens with one attached hydrogen (secondary N) is 2. The van der Waals surface area contributed by atoms with Crippen molar-refractivity contribution in [1.29, 1.82) is 0 Å². The van der Waals surface area contributed by atoms with Crippen molar-refractivity contribution in [2.45, 2.75) is 84.4 Å². The number of hydrogen-bond donors (Lipinski definition) is 2. The zero-order chi connectivity index (χ0) is 21.4. The van der Waals surface area contributed by atoms with Gasteiger partial charge in [-0.1, -0.05) is 19.0 Å². The standard InChI is InChI=1S/C21H37N5O3.HI/c1-7-15(8-2)18-13-17(29-25-18)14-24-19(22-6)23-11-12-26(16-9-10-16)20(27)28-21(3,4)5;/h13,15-16H,7-12,14H2,1-6H3,(H2,22,23,24);1H. The zero-order valence-electron chi connectivity index (χ0n) is 19.2. The first kappa shape index (κ1) is 26.5. The largest absolute Gasteiger partial charge is 0.444 e. The number of hydrogen-bond acceptors (Lipinski definition) is 5. The molecular weight excluding hydrogens is 497 g/mol. The highest BCUT2D eigenvalue weighted by atomic mass is 127. The second-order valence-electron chi connectivity index (χ2n) is 8.49. The maximum Gasteiger partial charge on any atom is 0.410 e. The summed E-state index contributed by atoms with van der Waals surface area (Å²) in [5.74, 6) is 1.87. The quantitative estimate of drug-likeness (QED) is 0.279. The van der Waals surface area contributed by atoms with Crippen LogP contribution in [-0.4, -0.2) is 53.9 Å². The van der Waals surface area contributed by atoms with Crippen molar-refractivity contribution in [3.63, 3.8) is 0 Å². The molecule has 1 fully saturated rings. The third kappa shape index (κ3) is 8.69. The van der Waals surface area contributed by atoms with E-state index in [1.165, 1.54) is 0 Å². The number of carbonyl (C=O) groups is 1. The minimum absolute atomic E-state index is 0. The maximum absolute atomic E-state index is 12.4. The second kappa shape index (κ2) is 12.4. The molecule has 8 nitrogen and oxygen atoms in total. The first-order chi connectivity index (χ1) is 13.8. The Morgan fingerprint density at radius 3 is 2.53 bits per heavy atom. The fraction of sp³-hybridized carbons (Fsp3) is 0.762. The third-order valence-electron chi connectivity index (χ3n) is 4.90. The summed E-state index contributed by atoms with van der Waals surface area (Å²) < 4.78 is 11.0. The predicted octanol–water partition coefficient (Wildman–Crippen LogP) is 4.26. The molecule has 9 heteroatoms. The van der Waals surface area contributed by atoms with Crippen LogP contribution in [0.1, 0.15) is 77.7 Å². The molecule has 1 aromatic rings. The molecule has 2 N–H and O–H groups in total. The van der Waals surface area contributed by atoms with Gasteiger partial charge in [-0.3, -0.25) is 4.99 Å². The van der Waals surface area contributed by atoms with E-state index in [1.807, 2.05) is 31.7 Å².